The molecule has 2 nitrogen and oxygen atoms in total. The van der Waals surface area contributed by atoms with E-state index < -0.39 is 5.79 Å². The van der Waals surface area contributed by atoms with E-state index in [1.54, 1.807) is 0 Å². The van der Waals surface area contributed by atoms with Crippen LogP contribution in [0.5, 0.6) is 0 Å². The molecule has 0 rings (SSSR count). The van der Waals surface area contributed by atoms with Crippen molar-refractivity contribution in [2.45, 2.75) is 32.0 Å². The predicted molar refractivity (Wildman–Crippen MR) is 32.1 cm³/mol. The molecule has 0 aromatic carbocycles. The number of unbranched alkanes of at least 4 members (excludes halogenated alkanes) is 1. The van der Waals surface area contributed by atoms with Gasteiger partial charge in [-0.05, 0) is 13.3 Å². The molecule has 0 aromatic heterocycles. The summed E-state index contributed by atoms with van der Waals surface area (Å²) in [5.41, 5.74) is 0. The zero-order valence-corrected chi connectivity index (χ0v) is 5.22. The molecule has 0 saturated heterocycles. The second kappa shape index (κ2) is 3.05. The summed E-state index contributed by atoms with van der Waals surface area (Å²) in [4.78, 5) is 0. The summed E-state index contributed by atoms with van der Waals surface area (Å²) in [5.74, 6) is -1.49. The Hall–Kier alpha value is -0.0800. The second-order valence-electron chi connectivity index (χ2n) is 2.17. The van der Waals surface area contributed by atoms with Crippen LogP contribution in [-0.2, 0) is 0 Å². The summed E-state index contributed by atoms with van der Waals surface area (Å²) in [6, 6.07) is 0. The average molecular weight is 117 g/mol. The average Bonchev–Trinajstić information content (AvgIpc) is 1.59. The van der Waals surface area contributed by atoms with Crippen molar-refractivity contribution in [1.29, 1.82) is 0 Å². The van der Waals surface area contributed by atoms with E-state index in [9.17, 15) is 0 Å². The maximum Gasteiger partial charge on any atom is 0.159 e. The molecule has 0 aliphatic rings. The van der Waals surface area contributed by atoms with E-state index in [0.717, 1.165) is 12.8 Å². The molecular formula is C6H13O2. The first-order valence-corrected chi connectivity index (χ1v) is 2.80. The second-order valence-corrected chi connectivity index (χ2v) is 2.17. The first-order valence-electron chi connectivity index (χ1n) is 2.80. The van der Waals surface area contributed by atoms with Crippen LogP contribution >= 0.6 is 0 Å². The van der Waals surface area contributed by atoms with Gasteiger partial charge in [-0.25, -0.2) is 0 Å². The van der Waals surface area contributed by atoms with Crippen LogP contribution in [-0.4, -0.2) is 16.0 Å². The highest BCUT2D eigenvalue weighted by atomic mass is 16.5. The quantitative estimate of drug-likeness (QED) is 0.534. The van der Waals surface area contributed by atoms with E-state index in [4.69, 9.17) is 10.2 Å². The SMILES string of the molecule is [CH2]CCCC(C)(O)O. The number of hydrogen-bond acceptors (Lipinski definition) is 2. The largest absolute Gasteiger partial charge is 0.366 e. The van der Waals surface area contributed by atoms with E-state index in [0.29, 0.717) is 6.42 Å². The van der Waals surface area contributed by atoms with Gasteiger partial charge in [-0.3, -0.25) is 0 Å². The van der Waals surface area contributed by atoms with Crippen molar-refractivity contribution in [2.24, 2.45) is 0 Å². The summed E-state index contributed by atoms with van der Waals surface area (Å²) in [5, 5.41) is 17.4. The zero-order chi connectivity index (χ0) is 6.62. The Morgan fingerprint density at radius 2 is 2.00 bits per heavy atom. The highest BCUT2D eigenvalue weighted by Crippen LogP contribution is 2.07. The van der Waals surface area contributed by atoms with Gasteiger partial charge < -0.3 is 10.2 Å². The van der Waals surface area contributed by atoms with Crippen LogP contribution in [0.4, 0.5) is 0 Å². The number of hydrogen-bond donors (Lipinski definition) is 2. The maximum absolute atomic E-state index is 8.68. The molecule has 49 valence electrons. The van der Waals surface area contributed by atoms with Crippen molar-refractivity contribution < 1.29 is 10.2 Å². The molecular weight excluding hydrogens is 104 g/mol. The molecule has 0 heterocycles. The fraction of sp³-hybridized carbons (Fsp3) is 0.833. The fourth-order valence-corrected chi connectivity index (χ4v) is 0.460. The van der Waals surface area contributed by atoms with Gasteiger partial charge in [0, 0.05) is 6.42 Å². The van der Waals surface area contributed by atoms with Crippen LogP contribution in [0.15, 0.2) is 0 Å². The van der Waals surface area contributed by atoms with Gasteiger partial charge in [0.1, 0.15) is 0 Å². The Labute approximate surface area is 50.2 Å². The molecule has 1 radical (unpaired) electrons. The third-order valence-corrected chi connectivity index (χ3v) is 0.900. The highest BCUT2D eigenvalue weighted by molar-refractivity contribution is 4.55. The Balaban J connectivity index is 3.11. The van der Waals surface area contributed by atoms with Crippen molar-refractivity contribution in [3.63, 3.8) is 0 Å². The first-order chi connectivity index (χ1) is 3.56. The van der Waals surface area contributed by atoms with Gasteiger partial charge in [0.05, 0.1) is 0 Å². The normalized spacial score (nSPS) is 12.0. The minimum absolute atomic E-state index is 0.413. The van der Waals surface area contributed by atoms with Crippen LogP contribution in [0.2, 0.25) is 0 Å². The van der Waals surface area contributed by atoms with Crippen LogP contribution in [0.1, 0.15) is 26.2 Å². The molecule has 2 heteroatoms. The summed E-state index contributed by atoms with van der Waals surface area (Å²) < 4.78 is 0. The van der Waals surface area contributed by atoms with E-state index in [1.807, 2.05) is 0 Å². The Kier molecular flexibility index (Phi) is 3.02. The van der Waals surface area contributed by atoms with Gasteiger partial charge in [-0.2, -0.15) is 0 Å². The minimum atomic E-state index is -1.49. The molecule has 0 atom stereocenters. The van der Waals surface area contributed by atoms with Crippen molar-refractivity contribution in [1.82, 2.24) is 0 Å². The van der Waals surface area contributed by atoms with Gasteiger partial charge in [0.25, 0.3) is 0 Å². The first kappa shape index (κ1) is 7.92. The van der Waals surface area contributed by atoms with Gasteiger partial charge >= 0.3 is 0 Å². The Bertz CT molecular complexity index is 54.0. The molecule has 0 aliphatic heterocycles. The number of aliphatic hydroxyl groups is 2. The molecule has 0 fully saturated rings. The summed E-state index contributed by atoms with van der Waals surface area (Å²) in [6.07, 6.45) is 1.94. The summed E-state index contributed by atoms with van der Waals surface area (Å²) in [7, 11) is 0. The Morgan fingerprint density at radius 3 is 2.12 bits per heavy atom. The van der Waals surface area contributed by atoms with Crippen LogP contribution in [0.25, 0.3) is 0 Å². The van der Waals surface area contributed by atoms with Crippen LogP contribution < -0.4 is 0 Å². The number of rotatable bonds is 3. The third-order valence-electron chi connectivity index (χ3n) is 0.900. The molecule has 2 N–H and O–H groups in total. The monoisotopic (exact) mass is 117 g/mol. The zero-order valence-electron chi connectivity index (χ0n) is 5.22. The van der Waals surface area contributed by atoms with Gasteiger partial charge in [-0.15, -0.1) is 0 Å². The minimum Gasteiger partial charge on any atom is -0.366 e. The highest BCUT2D eigenvalue weighted by Gasteiger charge is 2.12. The standard InChI is InChI=1S/C6H13O2/c1-3-4-5-6(2,7)8/h7-8H,1,3-5H2,2H3. The Morgan fingerprint density at radius 1 is 1.50 bits per heavy atom. The molecule has 0 saturated carbocycles. The topological polar surface area (TPSA) is 40.5 Å². The molecule has 0 aliphatic carbocycles. The van der Waals surface area contributed by atoms with Crippen molar-refractivity contribution in [3.05, 3.63) is 6.92 Å². The van der Waals surface area contributed by atoms with Crippen LogP contribution in [0, 0.1) is 6.92 Å². The lowest BCUT2D eigenvalue weighted by Crippen LogP contribution is -2.22. The van der Waals surface area contributed by atoms with E-state index in [1.165, 1.54) is 6.92 Å². The lowest BCUT2D eigenvalue weighted by molar-refractivity contribution is -0.149. The van der Waals surface area contributed by atoms with Gasteiger partial charge in [-0.1, -0.05) is 13.3 Å². The van der Waals surface area contributed by atoms with Gasteiger partial charge in [0.15, 0.2) is 5.79 Å². The van der Waals surface area contributed by atoms with E-state index in [-0.39, 0.29) is 0 Å². The third kappa shape index (κ3) is 5.92. The van der Waals surface area contributed by atoms with Gasteiger partial charge in [0.2, 0.25) is 0 Å². The molecule has 0 amide bonds. The molecule has 0 aromatic rings. The smallest absolute Gasteiger partial charge is 0.159 e. The predicted octanol–water partition coefficient (Wildman–Crippen LogP) is 0.692. The lowest BCUT2D eigenvalue weighted by Gasteiger charge is -2.13. The van der Waals surface area contributed by atoms with E-state index in [2.05, 4.69) is 6.92 Å². The molecule has 8 heavy (non-hydrogen) atoms. The van der Waals surface area contributed by atoms with Crippen molar-refractivity contribution in [2.75, 3.05) is 0 Å². The van der Waals surface area contributed by atoms with Crippen molar-refractivity contribution in [3.8, 4) is 0 Å². The maximum atomic E-state index is 8.68. The van der Waals surface area contributed by atoms with Crippen molar-refractivity contribution >= 4 is 0 Å². The summed E-state index contributed by atoms with van der Waals surface area (Å²) >= 11 is 0. The van der Waals surface area contributed by atoms with E-state index >= 15 is 0 Å². The lowest BCUT2D eigenvalue weighted by atomic mass is 10.1. The fourth-order valence-electron chi connectivity index (χ4n) is 0.460. The molecule has 0 unspecified atom stereocenters. The molecule has 0 spiro atoms. The molecule has 0 bridgehead atoms. The summed E-state index contributed by atoms with van der Waals surface area (Å²) in [6.45, 7) is 4.94. The van der Waals surface area contributed by atoms with Crippen LogP contribution in [0.3, 0.4) is 0 Å².